The molecule has 0 saturated carbocycles. The molecule has 1 N–H and O–H groups in total. The molecule has 0 bridgehead atoms. The Morgan fingerprint density at radius 2 is 1.96 bits per heavy atom. The van der Waals surface area contributed by atoms with Gasteiger partial charge in [-0.15, -0.1) is 0 Å². The lowest BCUT2D eigenvalue weighted by Crippen LogP contribution is -2.46. The molecule has 23 heavy (non-hydrogen) atoms. The summed E-state index contributed by atoms with van der Waals surface area (Å²) >= 11 is 0. The predicted molar refractivity (Wildman–Crippen MR) is 92.4 cm³/mol. The van der Waals surface area contributed by atoms with Gasteiger partial charge in [0.15, 0.2) is 0 Å². The first-order valence-electron chi connectivity index (χ1n) is 8.34. The number of piperazine rings is 1. The van der Waals surface area contributed by atoms with Crippen LogP contribution in [0.25, 0.3) is 11.3 Å². The van der Waals surface area contributed by atoms with Crippen LogP contribution in [0.4, 0.5) is 0 Å². The van der Waals surface area contributed by atoms with Crippen molar-refractivity contribution in [3.63, 3.8) is 0 Å². The molecule has 120 valence electrons. The van der Waals surface area contributed by atoms with Gasteiger partial charge in [0.25, 0.3) is 5.91 Å². The molecule has 0 spiro atoms. The van der Waals surface area contributed by atoms with Crippen LogP contribution >= 0.6 is 0 Å². The number of hydrogen-bond acceptors (Lipinski definition) is 3. The van der Waals surface area contributed by atoms with Crippen LogP contribution in [0.5, 0.6) is 0 Å². The average molecular weight is 309 g/mol. The molecule has 1 aromatic heterocycles. The van der Waals surface area contributed by atoms with Crippen molar-refractivity contribution in [3.05, 3.63) is 53.7 Å². The van der Waals surface area contributed by atoms with Gasteiger partial charge in [-0.3, -0.25) is 4.79 Å². The van der Waals surface area contributed by atoms with Crippen molar-refractivity contribution < 1.29 is 4.79 Å². The van der Waals surface area contributed by atoms with Gasteiger partial charge in [0.2, 0.25) is 0 Å². The van der Waals surface area contributed by atoms with E-state index in [1.165, 1.54) is 5.56 Å². The highest BCUT2D eigenvalue weighted by Crippen LogP contribution is 2.20. The summed E-state index contributed by atoms with van der Waals surface area (Å²) in [7, 11) is 0. The van der Waals surface area contributed by atoms with Gasteiger partial charge in [-0.05, 0) is 30.2 Å². The minimum absolute atomic E-state index is 0.0260. The lowest BCUT2D eigenvalue weighted by molar-refractivity contribution is 0.0730. The molecule has 4 nitrogen and oxygen atoms in total. The Morgan fingerprint density at radius 3 is 2.74 bits per heavy atom. The first kappa shape index (κ1) is 15.7. The highest BCUT2D eigenvalue weighted by molar-refractivity contribution is 5.93. The number of carbonyl (C=O) groups excluding carboxylic acids is 1. The Morgan fingerprint density at radius 1 is 1.17 bits per heavy atom. The SMILES string of the molecule is CCCc1cccc(-c2cccc(C(=O)N3CCNCC3)n2)c1. The predicted octanol–water partition coefficient (Wildman–Crippen LogP) is 2.75. The number of nitrogens with one attached hydrogen (secondary N) is 1. The van der Waals surface area contributed by atoms with Crippen molar-refractivity contribution in [2.75, 3.05) is 26.2 Å². The molecular formula is C19H23N3O. The van der Waals surface area contributed by atoms with E-state index in [-0.39, 0.29) is 5.91 Å². The zero-order chi connectivity index (χ0) is 16.1. The average Bonchev–Trinajstić information content (AvgIpc) is 2.62. The molecule has 1 fully saturated rings. The number of aromatic nitrogens is 1. The second kappa shape index (κ2) is 7.38. The Kier molecular flexibility index (Phi) is 5.03. The first-order chi connectivity index (χ1) is 11.3. The van der Waals surface area contributed by atoms with Crippen molar-refractivity contribution >= 4 is 5.91 Å². The maximum atomic E-state index is 12.6. The van der Waals surface area contributed by atoms with E-state index in [0.717, 1.165) is 50.3 Å². The highest BCUT2D eigenvalue weighted by Gasteiger charge is 2.19. The lowest BCUT2D eigenvalue weighted by atomic mass is 10.0. The summed E-state index contributed by atoms with van der Waals surface area (Å²) in [4.78, 5) is 19.1. The maximum absolute atomic E-state index is 12.6. The van der Waals surface area contributed by atoms with Gasteiger partial charge >= 0.3 is 0 Å². The lowest BCUT2D eigenvalue weighted by Gasteiger charge is -2.27. The number of rotatable bonds is 4. The smallest absolute Gasteiger partial charge is 0.272 e. The van der Waals surface area contributed by atoms with Gasteiger partial charge in [0.1, 0.15) is 5.69 Å². The number of hydrogen-bond donors (Lipinski definition) is 1. The standard InChI is InChI=1S/C19H23N3O/c1-2-5-15-6-3-7-16(14-15)17-8-4-9-18(21-17)19(23)22-12-10-20-11-13-22/h3-4,6-9,14,20H,2,5,10-13H2,1H3. The molecule has 1 saturated heterocycles. The van der Waals surface area contributed by atoms with Gasteiger partial charge in [0.05, 0.1) is 5.69 Å². The van der Waals surface area contributed by atoms with Crippen molar-refractivity contribution in [3.8, 4) is 11.3 Å². The Labute approximate surface area is 137 Å². The van der Waals surface area contributed by atoms with Gasteiger partial charge in [0, 0.05) is 31.7 Å². The fourth-order valence-corrected chi connectivity index (χ4v) is 2.92. The third kappa shape index (κ3) is 3.77. The molecule has 2 aromatic rings. The number of pyridine rings is 1. The van der Waals surface area contributed by atoms with Gasteiger partial charge in [-0.2, -0.15) is 0 Å². The van der Waals surface area contributed by atoms with Gasteiger partial charge < -0.3 is 10.2 Å². The zero-order valence-electron chi connectivity index (χ0n) is 13.6. The summed E-state index contributed by atoms with van der Waals surface area (Å²) in [6, 6.07) is 14.1. The second-order valence-electron chi connectivity index (χ2n) is 5.90. The highest BCUT2D eigenvalue weighted by atomic mass is 16.2. The minimum Gasteiger partial charge on any atom is -0.335 e. The summed E-state index contributed by atoms with van der Waals surface area (Å²) in [5, 5.41) is 3.26. The van der Waals surface area contributed by atoms with Gasteiger partial charge in [-0.1, -0.05) is 37.6 Å². The third-order valence-electron chi connectivity index (χ3n) is 4.13. The maximum Gasteiger partial charge on any atom is 0.272 e. The molecule has 1 aliphatic heterocycles. The topological polar surface area (TPSA) is 45.2 Å². The van der Waals surface area contributed by atoms with E-state index in [9.17, 15) is 4.79 Å². The summed E-state index contributed by atoms with van der Waals surface area (Å²) < 4.78 is 0. The summed E-state index contributed by atoms with van der Waals surface area (Å²) in [6.07, 6.45) is 2.19. The fourth-order valence-electron chi connectivity index (χ4n) is 2.92. The Bertz CT molecular complexity index is 678. The van der Waals surface area contributed by atoms with Crippen molar-refractivity contribution in [2.45, 2.75) is 19.8 Å². The fraction of sp³-hybridized carbons (Fsp3) is 0.368. The van der Waals surface area contributed by atoms with Crippen LogP contribution in [-0.4, -0.2) is 42.0 Å². The molecule has 0 radical (unpaired) electrons. The Hall–Kier alpha value is -2.20. The molecule has 0 atom stereocenters. The molecule has 0 unspecified atom stereocenters. The summed E-state index contributed by atoms with van der Waals surface area (Å²) in [5.74, 6) is 0.0260. The van der Waals surface area contributed by atoms with E-state index in [4.69, 9.17) is 0 Å². The minimum atomic E-state index is 0.0260. The summed E-state index contributed by atoms with van der Waals surface area (Å²) in [6.45, 7) is 5.38. The number of nitrogens with zero attached hydrogens (tertiary/aromatic N) is 2. The summed E-state index contributed by atoms with van der Waals surface area (Å²) in [5.41, 5.74) is 3.78. The van der Waals surface area contributed by atoms with E-state index in [2.05, 4.69) is 41.5 Å². The van der Waals surface area contributed by atoms with E-state index in [1.807, 2.05) is 23.1 Å². The van der Waals surface area contributed by atoms with E-state index >= 15 is 0 Å². The van der Waals surface area contributed by atoms with E-state index < -0.39 is 0 Å². The third-order valence-corrected chi connectivity index (χ3v) is 4.13. The van der Waals surface area contributed by atoms with E-state index in [0.29, 0.717) is 5.69 Å². The number of benzene rings is 1. The largest absolute Gasteiger partial charge is 0.335 e. The second-order valence-corrected chi connectivity index (χ2v) is 5.90. The normalized spacial score (nSPS) is 14.7. The number of aryl methyl sites for hydroxylation is 1. The van der Waals surface area contributed by atoms with Crippen LogP contribution in [0, 0.1) is 0 Å². The van der Waals surface area contributed by atoms with Gasteiger partial charge in [-0.25, -0.2) is 4.98 Å². The van der Waals surface area contributed by atoms with Crippen molar-refractivity contribution in [2.24, 2.45) is 0 Å². The first-order valence-corrected chi connectivity index (χ1v) is 8.34. The quantitative estimate of drug-likeness (QED) is 0.944. The molecule has 3 rings (SSSR count). The van der Waals surface area contributed by atoms with Crippen LogP contribution in [0.3, 0.4) is 0 Å². The molecule has 4 heteroatoms. The zero-order valence-corrected chi connectivity index (χ0v) is 13.6. The van der Waals surface area contributed by atoms with Crippen molar-refractivity contribution in [1.82, 2.24) is 15.2 Å². The molecule has 1 amide bonds. The number of carbonyl (C=O) groups is 1. The van der Waals surface area contributed by atoms with Crippen LogP contribution < -0.4 is 5.32 Å². The molecule has 0 aliphatic carbocycles. The van der Waals surface area contributed by atoms with E-state index in [1.54, 1.807) is 0 Å². The van der Waals surface area contributed by atoms with Crippen molar-refractivity contribution in [1.29, 1.82) is 0 Å². The van der Waals surface area contributed by atoms with Crippen LogP contribution in [-0.2, 0) is 6.42 Å². The molecule has 1 aromatic carbocycles. The number of amides is 1. The van der Waals surface area contributed by atoms with Crippen LogP contribution in [0.2, 0.25) is 0 Å². The Balaban J connectivity index is 1.84. The molecule has 1 aliphatic rings. The molecule has 2 heterocycles. The van der Waals surface area contributed by atoms with Crippen LogP contribution in [0.15, 0.2) is 42.5 Å². The van der Waals surface area contributed by atoms with Crippen LogP contribution in [0.1, 0.15) is 29.4 Å². The monoisotopic (exact) mass is 309 g/mol. The molecular weight excluding hydrogens is 286 g/mol.